The van der Waals surface area contributed by atoms with Crippen molar-refractivity contribution in [1.29, 1.82) is 0 Å². The van der Waals surface area contributed by atoms with Gasteiger partial charge in [0.25, 0.3) is 11.8 Å². The molecule has 4 rings (SSSR count). The highest BCUT2D eigenvalue weighted by atomic mass is 19.1. The van der Waals surface area contributed by atoms with Crippen LogP contribution in [0.15, 0.2) is 48.9 Å². The number of hydrogen-bond donors (Lipinski definition) is 1. The lowest BCUT2D eigenvalue weighted by molar-refractivity contribution is -0.117. The van der Waals surface area contributed by atoms with Gasteiger partial charge in [0.2, 0.25) is 5.91 Å². The number of hydrogen-bond acceptors (Lipinski definition) is 5. The quantitative estimate of drug-likeness (QED) is 0.654. The standard InChI is InChI=1S/C23H19FN4O3/c1-12-6-17(20-18(7-12)22(30)28(3)23(20)31)13(2)21(29)27-19-5-4-14(10-26-19)15-8-16(24)11-25-9-15/h4-11,13H,1-3H3,(H,26,27,29)/t13-/m1/s1. The molecule has 0 radical (unpaired) electrons. The molecule has 156 valence electrons. The topological polar surface area (TPSA) is 92.3 Å². The number of carbonyl (C=O) groups is 3. The molecule has 1 N–H and O–H groups in total. The number of benzene rings is 1. The summed E-state index contributed by atoms with van der Waals surface area (Å²) >= 11 is 0. The number of aromatic nitrogens is 2. The fraction of sp³-hybridized carbons (Fsp3) is 0.174. The van der Waals surface area contributed by atoms with Gasteiger partial charge in [-0.3, -0.25) is 24.3 Å². The van der Waals surface area contributed by atoms with E-state index in [2.05, 4.69) is 15.3 Å². The van der Waals surface area contributed by atoms with Crippen LogP contribution >= 0.6 is 0 Å². The average Bonchev–Trinajstić information content (AvgIpc) is 2.97. The summed E-state index contributed by atoms with van der Waals surface area (Å²) in [6.45, 7) is 3.49. The molecular formula is C23H19FN4O3. The minimum atomic E-state index is -0.689. The van der Waals surface area contributed by atoms with Gasteiger partial charge in [-0.1, -0.05) is 6.07 Å². The van der Waals surface area contributed by atoms with Gasteiger partial charge in [-0.25, -0.2) is 9.37 Å². The molecule has 0 spiro atoms. The second-order valence-corrected chi connectivity index (χ2v) is 7.48. The third-order valence-electron chi connectivity index (χ3n) is 5.28. The molecule has 0 aliphatic carbocycles. The van der Waals surface area contributed by atoms with E-state index >= 15 is 0 Å². The van der Waals surface area contributed by atoms with Crippen molar-refractivity contribution in [2.45, 2.75) is 19.8 Å². The van der Waals surface area contributed by atoms with Crippen LogP contribution in [0.5, 0.6) is 0 Å². The van der Waals surface area contributed by atoms with Gasteiger partial charge in [0.15, 0.2) is 0 Å². The summed E-state index contributed by atoms with van der Waals surface area (Å²) in [7, 11) is 1.42. The molecule has 31 heavy (non-hydrogen) atoms. The Morgan fingerprint density at radius 2 is 1.84 bits per heavy atom. The van der Waals surface area contributed by atoms with Crippen molar-refractivity contribution in [3.05, 3.63) is 77.0 Å². The summed E-state index contributed by atoms with van der Waals surface area (Å²) in [6.07, 6.45) is 4.15. The van der Waals surface area contributed by atoms with E-state index in [4.69, 9.17) is 0 Å². The minimum absolute atomic E-state index is 0.266. The van der Waals surface area contributed by atoms with Gasteiger partial charge < -0.3 is 5.32 Å². The number of fused-ring (bicyclic) bond motifs is 1. The molecule has 7 nitrogen and oxygen atoms in total. The van der Waals surface area contributed by atoms with E-state index in [1.54, 1.807) is 31.2 Å². The van der Waals surface area contributed by atoms with Crippen LogP contribution in [0.1, 0.15) is 44.7 Å². The van der Waals surface area contributed by atoms with E-state index in [0.717, 1.165) is 16.7 Å². The number of nitrogens with zero attached hydrogens (tertiary/aromatic N) is 3. The zero-order chi connectivity index (χ0) is 22.3. The van der Waals surface area contributed by atoms with Gasteiger partial charge in [0.05, 0.1) is 23.2 Å². The molecule has 1 aliphatic rings. The first-order chi connectivity index (χ1) is 14.8. The van der Waals surface area contributed by atoms with Crippen LogP contribution in [0.25, 0.3) is 11.1 Å². The SMILES string of the molecule is Cc1cc2c(c([C@@H](C)C(=O)Nc3ccc(-c4cncc(F)c4)cn3)c1)C(=O)N(C)C2=O. The molecular weight excluding hydrogens is 399 g/mol. The van der Waals surface area contributed by atoms with Crippen LogP contribution in [0.4, 0.5) is 10.2 Å². The maximum Gasteiger partial charge on any atom is 0.261 e. The molecule has 1 aliphatic heterocycles. The number of rotatable bonds is 4. The highest BCUT2D eigenvalue weighted by Gasteiger charge is 2.37. The minimum Gasteiger partial charge on any atom is -0.310 e. The summed E-state index contributed by atoms with van der Waals surface area (Å²) in [5, 5.41) is 2.73. The van der Waals surface area contributed by atoms with Gasteiger partial charge in [-0.15, -0.1) is 0 Å². The van der Waals surface area contributed by atoms with Crippen molar-refractivity contribution in [3.63, 3.8) is 0 Å². The van der Waals surface area contributed by atoms with Crippen LogP contribution in [0, 0.1) is 12.7 Å². The fourth-order valence-corrected chi connectivity index (χ4v) is 3.59. The molecule has 3 amide bonds. The van der Waals surface area contributed by atoms with E-state index in [1.807, 2.05) is 6.92 Å². The maximum absolute atomic E-state index is 13.4. The molecule has 0 saturated heterocycles. The largest absolute Gasteiger partial charge is 0.310 e. The van der Waals surface area contributed by atoms with Crippen LogP contribution in [0.3, 0.4) is 0 Å². The lowest BCUT2D eigenvalue weighted by atomic mass is 9.90. The maximum atomic E-state index is 13.4. The van der Waals surface area contributed by atoms with E-state index in [9.17, 15) is 18.8 Å². The number of carbonyl (C=O) groups excluding carboxylic acids is 3. The van der Waals surface area contributed by atoms with Crippen LogP contribution < -0.4 is 5.32 Å². The first-order valence-corrected chi connectivity index (χ1v) is 9.61. The Morgan fingerprint density at radius 1 is 1.06 bits per heavy atom. The van der Waals surface area contributed by atoms with Gasteiger partial charge in [-0.2, -0.15) is 0 Å². The molecule has 0 fully saturated rings. The number of amides is 3. The smallest absolute Gasteiger partial charge is 0.261 e. The summed E-state index contributed by atoms with van der Waals surface area (Å²) < 4.78 is 13.4. The number of anilines is 1. The molecule has 8 heteroatoms. The van der Waals surface area contributed by atoms with Crippen molar-refractivity contribution in [2.24, 2.45) is 0 Å². The number of imide groups is 1. The highest BCUT2D eigenvalue weighted by Crippen LogP contribution is 2.32. The molecule has 0 saturated carbocycles. The number of aryl methyl sites for hydroxylation is 1. The molecule has 2 aromatic heterocycles. The first-order valence-electron chi connectivity index (χ1n) is 9.61. The Kier molecular flexibility index (Phi) is 5.06. The molecule has 1 aromatic carbocycles. The lowest BCUT2D eigenvalue weighted by Crippen LogP contribution is -2.25. The monoisotopic (exact) mass is 418 g/mol. The van der Waals surface area contributed by atoms with Gasteiger partial charge in [0, 0.05) is 30.6 Å². The van der Waals surface area contributed by atoms with Crippen molar-refractivity contribution < 1.29 is 18.8 Å². The van der Waals surface area contributed by atoms with E-state index in [0.29, 0.717) is 28.1 Å². The summed E-state index contributed by atoms with van der Waals surface area (Å²) in [5.41, 5.74) is 3.09. The number of nitrogens with one attached hydrogen (secondary N) is 1. The predicted molar refractivity (Wildman–Crippen MR) is 112 cm³/mol. The lowest BCUT2D eigenvalue weighted by Gasteiger charge is -2.16. The van der Waals surface area contributed by atoms with E-state index in [-0.39, 0.29) is 17.4 Å². The zero-order valence-electron chi connectivity index (χ0n) is 17.1. The zero-order valence-corrected chi connectivity index (χ0v) is 17.1. The number of halogens is 1. The second kappa shape index (κ2) is 7.71. The Hall–Kier alpha value is -3.94. The van der Waals surface area contributed by atoms with Gasteiger partial charge in [0.1, 0.15) is 11.6 Å². The molecule has 3 heterocycles. The van der Waals surface area contributed by atoms with Gasteiger partial charge >= 0.3 is 0 Å². The third kappa shape index (κ3) is 3.68. The summed E-state index contributed by atoms with van der Waals surface area (Å²) in [6, 6.07) is 8.06. The molecule has 0 unspecified atom stereocenters. The van der Waals surface area contributed by atoms with Crippen LogP contribution in [0.2, 0.25) is 0 Å². The van der Waals surface area contributed by atoms with Crippen molar-refractivity contribution in [3.8, 4) is 11.1 Å². The highest BCUT2D eigenvalue weighted by molar-refractivity contribution is 6.22. The molecule has 1 atom stereocenters. The summed E-state index contributed by atoms with van der Waals surface area (Å²) in [5.74, 6) is -1.98. The Balaban J connectivity index is 1.57. The fourth-order valence-electron chi connectivity index (χ4n) is 3.59. The number of pyridine rings is 2. The van der Waals surface area contributed by atoms with Crippen LogP contribution in [-0.2, 0) is 4.79 Å². The first kappa shape index (κ1) is 20.3. The van der Waals surface area contributed by atoms with E-state index in [1.165, 1.54) is 25.5 Å². The molecule has 3 aromatic rings. The Bertz CT molecular complexity index is 1220. The van der Waals surface area contributed by atoms with Crippen LogP contribution in [-0.4, -0.2) is 39.6 Å². The predicted octanol–water partition coefficient (Wildman–Crippen LogP) is 3.56. The molecule has 0 bridgehead atoms. The third-order valence-corrected chi connectivity index (χ3v) is 5.28. The Labute approximate surface area is 177 Å². The normalized spacial score (nSPS) is 13.9. The Morgan fingerprint density at radius 3 is 2.52 bits per heavy atom. The summed E-state index contributed by atoms with van der Waals surface area (Å²) in [4.78, 5) is 46.8. The van der Waals surface area contributed by atoms with E-state index < -0.39 is 17.6 Å². The van der Waals surface area contributed by atoms with Crippen molar-refractivity contribution >= 4 is 23.5 Å². The van der Waals surface area contributed by atoms with Crippen molar-refractivity contribution in [1.82, 2.24) is 14.9 Å². The average molecular weight is 418 g/mol. The van der Waals surface area contributed by atoms with Gasteiger partial charge in [-0.05, 0) is 49.2 Å². The second-order valence-electron chi connectivity index (χ2n) is 7.48. The van der Waals surface area contributed by atoms with Crippen molar-refractivity contribution in [2.75, 3.05) is 12.4 Å².